The Hall–Kier alpha value is -4.05. The number of amides is 1. The number of carbonyl (C=O) groups excluding carboxylic acids is 2. The Labute approximate surface area is 204 Å². The number of aryl methyl sites for hydroxylation is 2. The van der Waals surface area contributed by atoms with E-state index >= 15 is 0 Å². The van der Waals surface area contributed by atoms with E-state index in [1.54, 1.807) is 43.3 Å². The van der Waals surface area contributed by atoms with Gasteiger partial charge in [-0.05, 0) is 61.4 Å². The molecule has 1 amide bonds. The first-order valence-corrected chi connectivity index (χ1v) is 12.0. The van der Waals surface area contributed by atoms with Gasteiger partial charge in [-0.15, -0.1) is 0 Å². The highest BCUT2D eigenvalue weighted by atomic mass is 32.2. The lowest BCUT2D eigenvalue weighted by Crippen LogP contribution is -2.21. The number of carbonyl (C=O) groups is 2. The molecule has 2 N–H and O–H groups in total. The highest BCUT2D eigenvalue weighted by Gasteiger charge is 2.21. The van der Waals surface area contributed by atoms with Gasteiger partial charge < -0.3 is 19.5 Å². The number of hydrogen-bond donors (Lipinski definition) is 2. The summed E-state index contributed by atoms with van der Waals surface area (Å²) in [5, 5.41) is 2.59. The van der Waals surface area contributed by atoms with Crippen molar-refractivity contribution in [3.05, 3.63) is 77.4 Å². The van der Waals surface area contributed by atoms with Crippen LogP contribution in [0, 0.1) is 13.8 Å². The van der Waals surface area contributed by atoms with Crippen LogP contribution in [0.2, 0.25) is 0 Å². The Kier molecular flexibility index (Phi) is 7.98. The second kappa shape index (κ2) is 10.9. The van der Waals surface area contributed by atoms with E-state index in [1.807, 2.05) is 13.0 Å². The molecule has 0 aliphatic heterocycles. The van der Waals surface area contributed by atoms with Crippen molar-refractivity contribution >= 4 is 33.3 Å². The molecule has 0 fully saturated rings. The summed E-state index contributed by atoms with van der Waals surface area (Å²) in [6.07, 6.45) is 0. The predicted molar refractivity (Wildman–Crippen MR) is 132 cm³/mol. The summed E-state index contributed by atoms with van der Waals surface area (Å²) in [6, 6.07) is 15.9. The maximum absolute atomic E-state index is 12.9. The quantitative estimate of drug-likeness (QED) is 0.429. The Balaban J connectivity index is 1.70. The van der Waals surface area contributed by atoms with E-state index in [9.17, 15) is 18.0 Å². The van der Waals surface area contributed by atoms with Crippen molar-refractivity contribution in [1.82, 2.24) is 0 Å². The van der Waals surface area contributed by atoms with Gasteiger partial charge in [-0.3, -0.25) is 9.52 Å². The fraction of sp³-hybridized carbons (Fsp3) is 0.200. The first kappa shape index (κ1) is 25.6. The second-order valence-corrected chi connectivity index (χ2v) is 9.30. The second-order valence-electron chi connectivity index (χ2n) is 7.65. The molecule has 184 valence electrons. The van der Waals surface area contributed by atoms with Gasteiger partial charge in [0, 0.05) is 11.8 Å². The van der Waals surface area contributed by atoms with Crippen LogP contribution in [0.1, 0.15) is 21.5 Å². The van der Waals surface area contributed by atoms with Gasteiger partial charge >= 0.3 is 5.97 Å². The van der Waals surface area contributed by atoms with Gasteiger partial charge in [0.15, 0.2) is 6.61 Å². The van der Waals surface area contributed by atoms with E-state index in [-0.39, 0.29) is 10.5 Å². The van der Waals surface area contributed by atoms with Crippen LogP contribution in [0.3, 0.4) is 0 Å². The molecule has 0 atom stereocenters. The fourth-order valence-electron chi connectivity index (χ4n) is 3.25. The normalized spacial score (nSPS) is 10.9. The molecule has 35 heavy (non-hydrogen) atoms. The first-order valence-electron chi connectivity index (χ1n) is 10.5. The molecule has 0 aliphatic carbocycles. The van der Waals surface area contributed by atoms with Gasteiger partial charge in [0.25, 0.3) is 15.9 Å². The molecule has 0 saturated heterocycles. The average Bonchev–Trinajstić information content (AvgIpc) is 2.82. The zero-order chi connectivity index (χ0) is 25.6. The standard InChI is InChI=1S/C25H26N2O7S/c1-16-6-5-7-19(12-16)27-35(30,31)23-13-18(9-8-17(23)2)25(29)34-15-24(28)26-21-14-20(32-3)10-11-22(21)33-4/h5-14,27H,15H2,1-4H3,(H,26,28). The first-order chi connectivity index (χ1) is 16.6. The molecule has 0 spiro atoms. The minimum atomic E-state index is -3.97. The van der Waals surface area contributed by atoms with Crippen molar-refractivity contribution in [3.8, 4) is 11.5 Å². The summed E-state index contributed by atoms with van der Waals surface area (Å²) in [4.78, 5) is 24.8. The van der Waals surface area contributed by atoms with Crippen LogP contribution in [-0.4, -0.2) is 41.1 Å². The zero-order valence-corrected chi connectivity index (χ0v) is 20.6. The fourth-order valence-corrected chi connectivity index (χ4v) is 4.57. The lowest BCUT2D eigenvalue weighted by atomic mass is 10.1. The topological polar surface area (TPSA) is 120 Å². The van der Waals surface area contributed by atoms with Crippen molar-refractivity contribution < 1.29 is 32.2 Å². The molecule has 3 aromatic carbocycles. The van der Waals surface area contributed by atoms with Gasteiger partial charge in [0.1, 0.15) is 11.5 Å². The predicted octanol–water partition coefficient (Wildman–Crippen LogP) is 3.92. The molecular formula is C25H26N2O7S. The van der Waals surface area contributed by atoms with E-state index in [0.29, 0.717) is 28.4 Å². The van der Waals surface area contributed by atoms with E-state index < -0.39 is 28.5 Å². The monoisotopic (exact) mass is 498 g/mol. The highest BCUT2D eigenvalue weighted by molar-refractivity contribution is 7.92. The maximum Gasteiger partial charge on any atom is 0.338 e. The highest BCUT2D eigenvalue weighted by Crippen LogP contribution is 2.29. The van der Waals surface area contributed by atoms with Gasteiger partial charge in [0.05, 0.1) is 30.4 Å². The van der Waals surface area contributed by atoms with Crippen LogP contribution in [0.4, 0.5) is 11.4 Å². The summed E-state index contributed by atoms with van der Waals surface area (Å²) in [6.45, 7) is 2.88. The summed E-state index contributed by atoms with van der Waals surface area (Å²) >= 11 is 0. The van der Waals surface area contributed by atoms with Crippen LogP contribution >= 0.6 is 0 Å². The van der Waals surface area contributed by atoms with Crippen LogP contribution in [0.15, 0.2) is 65.6 Å². The average molecular weight is 499 g/mol. The van der Waals surface area contributed by atoms with Gasteiger partial charge in [-0.25, -0.2) is 13.2 Å². The number of anilines is 2. The van der Waals surface area contributed by atoms with E-state index in [0.717, 1.165) is 5.56 Å². The van der Waals surface area contributed by atoms with Crippen molar-refractivity contribution in [1.29, 1.82) is 0 Å². The Morgan fingerprint density at radius 2 is 1.69 bits per heavy atom. The molecule has 0 saturated carbocycles. The minimum absolute atomic E-state index is 0.00743. The van der Waals surface area contributed by atoms with Crippen LogP contribution in [-0.2, 0) is 19.6 Å². The largest absolute Gasteiger partial charge is 0.497 e. The Bertz CT molecular complexity index is 1350. The number of hydrogen-bond acceptors (Lipinski definition) is 7. The molecule has 3 aromatic rings. The summed E-state index contributed by atoms with van der Waals surface area (Å²) in [5.41, 5.74) is 2.08. The van der Waals surface area contributed by atoms with Crippen LogP contribution in [0.5, 0.6) is 11.5 Å². The summed E-state index contributed by atoms with van der Waals surface area (Å²) in [7, 11) is -1.03. The third-order valence-corrected chi connectivity index (χ3v) is 6.52. The number of methoxy groups -OCH3 is 2. The molecule has 3 rings (SSSR count). The summed E-state index contributed by atoms with van der Waals surface area (Å²) in [5.74, 6) is -0.540. The van der Waals surface area contributed by atoms with E-state index in [4.69, 9.17) is 14.2 Å². The van der Waals surface area contributed by atoms with Crippen molar-refractivity contribution in [3.63, 3.8) is 0 Å². The Morgan fingerprint density at radius 3 is 2.37 bits per heavy atom. The van der Waals surface area contributed by atoms with Crippen molar-refractivity contribution in [2.45, 2.75) is 18.7 Å². The smallest absolute Gasteiger partial charge is 0.338 e. The maximum atomic E-state index is 12.9. The summed E-state index contributed by atoms with van der Waals surface area (Å²) < 4.78 is 43.8. The Morgan fingerprint density at radius 1 is 0.914 bits per heavy atom. The van der Waals surface area contributed by atoms with Crippen molar-refractivity contribution in [2.24, 2.45) is 0 Å². The van der Waals surface area contributed by atoms with Gasteiger partial charge in [0.2, 0.25) is 0 Å². The molecule has 0 bridgehead atoms. The molecule has 0 aromatic heterocycles. The number of sulfonamides is 1. The molecule has 0 heterocycles. The molecule has 10 heteroatoms. The van der Waals surface area contributed by atoms with Gasteiger partial charge in [-0.2, -0.15) is 0 Å². The number of nitrogens with one attached hydrogen (secondary N) is 2. The molecular weight excluding hydrogens is 472 g/mol. The van der Waals surface area contributed by atoms with Crippen molar-refractivity contribution in [2.75, 3.05) is 30.9 Å². The number of esters is 1. The third kappa shape index (κ3) is 6.51. The van der Waals surface area contributed by atoms with Crippen LogP contribution < -0.4 is 19.5 Å². The zero-order valence-electron chi connectivity index (χ0n) is 19.7. The molecule has 0 unspecified atom stereocenters. The van der Waals surface area contributed by atoms with E-state index in [2.05, 4.69) is 10.0 Å². The lowest BCUT2D eigenvalue weighted by Gasteiger charge is -2.13. The van der Waals surface area contributed by atoms with Crippen LogP contribution in [0.25, 0.3) is 0 Å². The third-order valence-electron chi connectivity index (χ3n) is 5.00. The number of benzene rings is 3. The lowest BCUT2D eigenvalue weighted by molar-refractivity contribution is -0.119. The molecule has 9 nitrogen and oxygen atoms in total. The van der Waals surface area contributed by atoms with Gasteiger partial charge in [-0.1, -0.05) is 18.2 Å². The van der Waals surface area contributed by atoms with E-state index in [1.165, 1.54) is 32.4 Å². The number of rotatable bonds is 9. The minimum Gasteiger partial charge on any atom is -0.497 e. The SMILES string of the molecule is COc1ccc(OC)c(NC(=O)COC(=O)c2ccc(C)c(S(=O)(=O)Nc3cccc(C)c3)c2)c1. The molecule has 0 aliphatic rings. The molecule has 0 radical (unpaired) electrons. The number of ether oxygens (including phenoxy) is 3.